The molecule has 4 amide bonds. The van der Waals surface area contributed by atoms with Gasteiger partial charge >= 0.3 is 23.9 Å². The third-order valence-corrected chi connectivity index (χ3v) is 10.7. The number of hydrogen-bond acceptors (Lipinski definition) is 13. The Labute approximate surface area is 398 Å². The molecule has 0 aliphatic carbocycles. The van der Waals surface area contributed by atoms with Crippen molar-refractivity contribution in [2.45, 2.75) is 160 Å². The molecule has 370 valence electrons. The summed E-state index contributed by atoms with van der Waals surface area (Å²) in [4.78, 5) is 99.7. The second-order valence-corrected chi connectivity index (χ2v) is 19.4. The van der Waals surface area contributed by atoms with Gasteiger partial charge in [-0.3, -0.25) is 48.4 Å². The third kappa shape index (κ3) is 21.0. The van der Waals surface area contributed by atoms with E-state index in [9.17, 15) is 38.4 Å². The maximum absolute atomic E-state index is 12.9. The summed E-state index contributed by atoms with van der Waals surface area (Å²) in [5.74, 6) is -5.95. The van der Waals surface area contributed by atoms with E-state index in [4.69, 9.17) is 54.1 Å². The van der Waals surface area contributed by atoms with Gasteiger partial charge in [0.2, 0.25) is 3.79 Å². The van der Waals surface area contributed by atoms with Crippen molar-refractivity contribution in [1.29, 1.82) is 0 Å². The van der Waals surface area contributed by atoms with Gasteiger partial charge in [0.25, 0.3) is 23.6 Å². The number of rotatable bonds is 23. The molecular formula is C44H71Cl3N6O12. The maximum atomic E-state index is 12.9. The summed E-state index contributed by atoms with van der Waals surface area (Å²) in [7, 11) is 0. The van der Waals surface area contributed by atoms with Crippen LogP contribution in [0.25, 0.3) is 0 Å². The summed E-state index contributed by atoms with van der Waals surface area (Å²) in [6.07, 6.45) is 6.94. The first kappa shape index (κ1) is 59.0. The van der Waals surface area contributed by atoms with E-state index in [1.165, 1.54) is 23.9 Å². The second-order valence-electron chi connectivity index (χ2n) is 16.9. The van der Waals surface area contributed by atoms with Crippen LogP contribution in [0.15, 0.2) is 25.3 Å². The zero-order valence-electron chi connectivity index (χ0n) is 39.0. The van der Waals surface area contributed by atoms with Gasteiger partial charge in [0.15, 0.2) is 12.2 Å². The number of nitrogens with one attached hydrogen (secondary N) is 4. The van der Waals surface area contributed by atoms with E-state index in [0.29, 0.717) is 64.5 Å². The number of carboxylic acid groups (broad SMARTS) is 1. The fourth-order valence-corrected chi connectivity index (χ4v) is 7.03. The highest BCUT2D eigenvalue weighted by atomic mass is 35.6. The molecule has 2 fully saturated rings. The molecule has 2 heterocycles. The first-order valence-electron chi connectivity index (χ1n) is 22.3. The molecule has 0 saturated carbocycles. The topological polar surface area (TPSA) is 239 Å². The van der Waals surface area contributed by atoms with Crippen LogP contribution in [0, 0.1) is 23.7 Å². The largest absolute Gasteiger partial charge is 0.480 e. The summed E-state index contributed by atoms with van der Waals surface area (Å²) in [5.41, 5.74) is 5.48. The summed E-state index contributed by atoms with van der Waals surface area (Å²) in [6, 6.07) is -3.48. The molecule has 0 aromatic rings. The number of aliphatic carboxylic acids is 1. The molecule has 21 heteroatoms. The molecular weight excluding hydrogens is 911 g/mol. The minimum Gasteiger partial charge on any atom is -0.480 e. The fourth-order valence-electron chi connectivity index (χ4n) is 6.86. The minimum atomic E-state index is -1.74. The van der Waals surface area contributed by atoms with E-state index < -0.39 is 94.3 Å². The number of ether oxygens (including phenoxy) is 3. The molecule has 0 aromatic heterocycles. The fraction of sp³-hybridized carbons (Fsp3) is 0.727. The predicted molar refractivity (Wildman–Crippen MR) is 246 cm³/mol. The van der Waals surface area contributed by atoms with Gasteiger partial charge in [0, 0.05) is 13.1 Å². The third-order valence-electron chi connectivity index (χ3n) is 10.4. The average molecular weight is 982 g/mol. The molecule has 0 radical (unpaired) electrons. The number of hydrazine groups is 2. The van der Waals surface area contributed by atoms with Crippen molar-refractivity contribution in [3.63, 3.8) is 0 Å². The van der Waals surface area contributed by atoms with Crippen molar-refractivity contribution in [3.8, 4) is 0 Å². The Morgan fingerprint density at radius 2 is 1.09 bits per heavy atom. The van der Waals surface area contributed by atoms with Gasteiger partial charge in [0.1, 0.15) is 30.8 Å². The highest BCUT2D eigenvalue weighted by molar-refractivity contribution is 6.67. The van der Waals surface area contributed by atoms with Crippen LogP contribution in [0.3, 0.4) is 0 Å². The Morgan fingerprint density at radius 1 is 0.708 bits per heavy atom. The number of carbonyl (C=O) groups excluding carboxylic acids is 7. The van der Waals surface area contributed by atoms with Crippen LogP contribution < -0.4 is 21.5 Å². The number of carbonyl (C=O) groups is 8. The predicted octanol–water partition coefficient (Wildman–Crippen LogP) is 5.09. The zero-order chi connectivity index (χ0) is 49.6. The van der Waals surface area contributed by atoms with Gasteiger partial charge in [-0.25, -0.2) is 10.9 Å². The van der Waals surface area contributed by atoms with E-state index in [1.54, 1.807) is 39.8 Å². The standard InChI is InChI=1S/C23H36Cl3N3O6.C21H35N3O6/c1-6-9-16(10-7-2)21(32)35-18(14(3)4)19(30)27-15(5)20(31)29-12-8-11-17(28-29)22(33)34-13-23(24,25)26;1-6-9-15(10-7-2)21(29)30-17(13(3)4)18(25)22-14(5)19(26)24-12-8-11-16(23-24)20(27)28/h6,14-18,28H,1,7-13H2,2-5H3,(H,27,30);6,13-17,23H,1,7-12H2,2-5H3,(H,22,25)(H,27,28)/t15-,16-,17-,18-;14-,15-,16-,17-/m00/s1. The number of esters is 3. The van der Waals surface area contributed by atoms with Crippen molar-refractivity contribution in [2.24, 2.45) is 23.7 Å². The molecule has 2 aliphatic rings. The van der Waals surface area contributed by atoms with Gasteiger partial charge in [-0.05, 0) is 77.0 Å². The van der Waals surface area contributed by atoms with Crippen LogP contribution in [-0.2, 0) is 52.6 Å². The lowest BCUT2D eigenvalue weighted by molar-refractivity contribution is -0.163. The Hall–Kier alpha value is -3.97. The highest BCUT2D eigenvalue weighted by Crippen LogP contribution is 2.26. The van der Waals surface area contributed by atoms with Crippen LogP contribution in [-0.4, -0.2) is 122 Å². The maximum Gasteiger partial charge on any atom is 0.325 e. The van der Waals surface area contributed by atoms with E-state index in [2.05, 4.69) is 34.6 Å². The van der Waals surface area contributed by atoms with Crippen molar-refractivity contribution >= 4 is 82.3 Å². The normalized spacial score (nSPS) is 19.2. The lowest BCUT2D eigenvalue weighted by atomic mass is 9.99. The van der Waals surface area contributed by atoms with Gasteiger partial charge in [-0.15, -0.1) is 13.2 Å². The molecule has 2 rings (SSSR count). The smallest absolute Gasteiger partial charge is 0.325 e. The Kier molecular flexibility index (Phi) is 26.9. The highest BCUT2D eigenvalue weighted by Gasteiger charge is 2.37. The van der Waals surface area contributed by atoms with Gasteiger partial charge < -0.3 is 30.0 Å². The number of amides is 4. The van der Waals surface area contributed by atoms with E-state index in [-0.39, 0.29) is 23.7 Å². The molecule has 2 saturated heterocycles. The summed E-state index contributed by atoms with van der Waals surface area (Å²) < 4.78 is 14.3. The SMILES string of the molecule is C=CC[C@@H](CCC)C(=O)O[C@H](C(=O)N[C@@H](C)C(=O)N1CCC[C@@H](C(=O)O)N1)C(C)C.C=CC[C@@H](CCC)C(=O)O[C@H](C(=O)N[C@@H](C)C(=O)N1CCC[C@@H](C(=O)OCC(Cl)(Cl)Cl)N1)C(C)C. The lowest BCUT2D eigenvalue weighted by Crippen LogP contribution is -2.60. The quantitative estimate of drug-likeness (QED) is 0.0388. The first-order valence-corrected chi connectivity index (χ1v) is 23.4. The molecule has 0 unspecified atom stereocenters. The molecule has 65 heavy (non-hydrogen) atoms. The van der Waals surface area contributed by atoms with E-state index in [0.717, 1.165) is 12.8 Å². The van der Waals surface area contributed by atoms with E-state index >= 15 is 0 Å². The summed E-state index contributed by atoms with van der Waals surface area (Å²) >= 11 is 16.8. The lowest BCUT2D eigenvalue weighted by Gasteiger charge is -2.34. The average Bonchev–Trinajstić information content (AvgIpc) is 3.25. The number of allylic oxidation sites excluding steroid dienone is 2. The molecule has 0 bridgehead atoms. The van der Waals surface area contributed by atoms with Gasteiger partial charge in [-0.2, -0.15) is 0 Å². The van der Waals surface area contributed by atoms with Crippen LogP contribution >= 0.6 is 34.8 Å². The molecule has 5 N–H and O–H groups in total. The molecule has 8 atom stereocenters. The molecule has 0 aromatic carbocycles. The van der Waals surface area contributed by atoms with E-state index in [1.807, 2.05) is 13.8 Å². The molecule has 0 spiro atoms. The van der Waals surface area contributed by atoms with Crippen molar-refractivity contribution in [3.05, 3.63) is 25.3 Å². The van der Waals surface area contributed by atoms with Crippen LogP contribution in [0.5, 0.6) is 0 Å². The summed E-state index contributed by atoms with van der Waals surface area (Å²) in [6.45, 7) is 21.6. The summed E-state index contributed by atoms with van der Waals surface area (Å²) in [5, 5.41) is 16.8. The number of halogens is 3. The van der Waals surface area contributed by atoms with Crippen molar-refractivity contribution in [2.75, 3.05) is 19.7 Å². The van der Waals surface area contributed by atoms with Crippen molar-refractivity contribution in [1.82, 2.24) is 31.5 Å². The van der Waals surface area contributed by atoms with Crippen LogP contribution in [0.2, 0.25) is 0 Å². The Balaban J connectivity index is 0.000000658. The van der Waals surface area contributed by atoms with Crippen LogP contribution in [0.4, 0.5) is 0 Å². The minimum absolute atomic E-state index is 0.285. The second kappa shape index (κ2) is 29.6. The monoisotopic (exact) mass is 980 g/mol. The van der Waals surface area contributed by atoms with Crippen LogP contribution in [0.1, 0.15) is 120 Å². The Morgan fingerprint density at radius 3 is 1.43 bits per heavy atom. The number of alkyl halides is 3. The Bertz CT molecular complexity index is 1630. The number of carboxylic acids is 1. The first-order chi connectivity index (χ1) is 30.4. The molecule has 2 aliphatic heterocycles. The number of hydrogen-bond donors (Lipinski definition) is 5. The zero-order valence-corrected chi connectivity index (χ0v) is 41.3. The molecule has 18 nitrogen and oxygen atoms in total. The number of nitrogens with zero attached hydrogens (tertiary/aromatic N) is 2. The van der Waals surface area contributed by atoms with Gasteiger partial charge in [-0.1, -0.05) is 101 Å². The van der Waals surface area contributed by atoms with Gasteiger partial charge in [0.05, 0.1) is 11.8 Å². The van der Waals surface area contributed by atoms with Crippen molar-refractivity contribution < 1.29 is 57.7 Å².